The van der Waals surface area contributed by atoms with Crippen molar-refractivity contribution in [1.29, 1.82) is 0 Å². The summed E-state index contributed by atoms with van der Waals surface area (Å²) in [5.74, 6) is 1.05. The number of benzene rings is 1. The molecule has 0 fully saturated rings. The monoisotopic (exact) mass is 472 g/mol. The van der Waals surface area contributed by atoms with E-state index in [4.69, 9.17) is 21.7 Å². The highest BCUT2D eigenvalue weighted by molar-refractivity contribution is 7.80. The van der Waals surface area contributed by atoms with Gasteiger partial charge in [-0.15, -0.1) is 0 Å². The Morgan fingerprint density at radius 2 is 1.70 bits per heavy atom. The van der Waals surface area contributed by atoms with Crippen molar-refractivity contribution in [3.8, 4) is 11.5 Å². The smallest absolute Gasteiger partial charge is 0.261 e. The Morgan fingerprint density at radius 3 is 2.33 bits per heavy atom. The van der Waals surface area contributed by atoms with Gasteiger partial charge in [-0.2, -0.15) is 0 Å². The van der Waals surface area contributed by atoms with E-state index in [1.54, 1.807) is 38.7 Å². The van der Waals surface area contributed by atoms with E-state index in [-0.39, 0.29) is 5.91 Å². The first kappa shape index (κ1) is 26.4. The number of ether oxygens (including phenoxy) is 2. The number of thiocarbonyl (C=S) groups is 1. The number of carbonyl (C=O) groups is 1. The van der Waals surface area contributed by atoms with Crippen molar-refractivity contribution in [2.24, 2.45) is 0 Å². The third kappa shape index (κ3) is 8.88. The van der Waals surface area contributed by atoms with E-state index in [0.29, 0.717) is 28.7 Å². The fourth-order valence-corrected chi connectivity index (χ4v) is 3.80. The summed E-state index contributed by atoms with van der Waals surface area (Å²) in [6, 6.07) is 9.22. The maximum Gasteiger partial charge on any atom is 0.261 e. The first-order valence-electron chi connectivity index (χ1n) is 11.6. The zero-order chi connectivity index (χ0) is 23.9. The van der Waals surface area contributed by atoms with Crippen LogP contribution in [0, 0.1) is 0 Å². The van der Waals surface area contributed by atoms with Gasteiger partial charge in [0.25, 0.3) is 5.91 Å². The summed E-state index contributed by atoms with van der Waals surface area (Å²) in [6.45, 7) is 4.36. The van der Waals surface area contributed by atoms with E-state index < -0.39 is 0 Å². The molecule has 0 aliphatic heterocycles. The van der Waals surface area contributed by atoms with Gasteiger partial charge in [0, 0.05) is 25.8 Å². The minimum Gasteiger partial charge on any atom is -0.496 e. The number of amides is 1. The predicted molar refractivity (Wildman–Crippen MR) is 137 cm³/mol. The lowest BCUT2D eigenvalue weighted by atomic mass is 10.1. The van der Waals surface area contributed by atoms with Gasteiger partial charge in [0.05, 0.1) is 26.1 Å². The second-order valence-electron chi connectivity index (χ2n) is 7.72. The number of nitrogens with zero attached hydrogens (tertiary/aromatic N) is 2. The molecule has 1 amide bonds. The number of aromatic nitrogens is 1. The predicted octanol–water partition coefficient (Wildman–Crippen LogP) is 4.89. The van der Waals surface area contributed by atoms with Crippen LogP contribution in [0.1, 0.15) is 55.8 Å². The summed E-state index contributed by atoms with van der Waals surface area (Å²) in [5.41, 5.74) is 1.38. The normalized spacial score (nSPS) is 10.4. The molecule has 1 aromatic heterocycles. The van der Waals surface area contributed by atoms with E-state index in [2.05, 4.69) is 22.5 Å². The molecule has 0 unspecified atom stereocenters. The van der Waals surface area contributed by atoms with Crippen molar-refractivity contribution < 1.29 is 14.3 Å². The lowest BCUT2D eigenvalue weighted by molar-refractivity contribution is 0.0745. The zero-order valence-corrected chi connectivity index (χ0v) is 20.7. The molecule has 2 N–H and O–H groups in total. The lowest BCUT2D eigenvalue weighted by Gasteiger charge is -2.24. The molecule has 1 aromatic carbocycles. The molecule has 0 aliphatic rings. The molecule has 0 aliphatic carbocycles. The van der Waals surface area contributed by atoms with Crippen molar-refractivity contribution in [2.75, 3.05) is 39.2 Å². The number of rotatable bonds is 14. The van der Waals surface area contributed by atoms with E-state index in [1.807, 2.05) is 23.1 Å². The summed E-state index contributed by atoms with van der Waals surface area (Å²) in [5, 5.41) is 6.96. The van der Waals surface area contributed by atoms with Gasteiger partial charge >= 0.3 is 0 Å². The Balaban J connectivity index is 1.69. The molecule has 8 heteroatoms. The van der Waals surface area contributed by atoms with Crippen molar-refractivity contribution in [2.45, 2.75) is 45.4 Å². The third-order valence-electron chi connectivity index (χ3n) is 5.23. The van der Waals surface area contributed by atoms with Crippen molar-refractivity contribution >= 4 is 28.9 Å². The number of hydrogen-bond donors (Lipinski definition) is 2. The van der Waals surface area contributed by atoms with Crippen LogP contribution in [0.2, 0.25) is 0 Å². The van der Waals surface area contributed by atoms with Crippen LogP contribution < -0.4 is 20.1 Å². The van der Waals surface area contributed by atoms with Crippen LogP contribution in [0.5, 0.6) is 11.5 Å². The molecular formula is C25H36N4O3S. The number of pyridine rings is 1. The average Bonchev–Trinajstić information content (AvgIpc) is 2.84. The topological polar surface area (TPSA) is 75.7 Å². The molecule has 180 valence electrons. The fourth-order valence-electron chi connectivity index (χ4n) is 3.58. The van der Waals surface area contributed by atoms with Gasteiger partial charge in [-0.3, -0.25) is 9.78 Å². The molecule has 33 heavy (non-hydrogen) atoms. The average molecular weight is 473 g/mol. The molecule has 2 aromatic rings. The quantitative estimate of drug-likeness (QED) is 0.299. The van der Waals surface area contributed by atoms with E-state index in [9.17, 15) is 4.79 Å². The number of hydrogen-bond acceptors (Lipinski definition) is 5. The first-order valence-corrected chi connectivity index (χ1v) is 12.0. The van der Waals surface area contributed by atoms with E-state index in [1.165, 1.54) is 0 Å². The molecule has 1 heterocycles. The van der Waals surface area contributed by atoms with Crippen molar-refractivity contribution in [1.82, 2.24) is 15.2 Å². The summed E-state index contributed by atoms with van der Waals surface area (Å²) < 4.78 is 10.8. The maximum atomic E-state index is 13.2. The fraction of sp³-hybridized carbons (Fsp3) is 0.480. The van der Waals surface area contributed by atoms with Crippen LogP contribution in [0.25, 0.3) is 0 Å². The van der Waals surface area contributed by atoms with Gasteiger partial charge in [-0.25, -0.2) is 0 Å². The minimum atomic E-state index is -0.0371. The van der Waals surface area contributed by atoms with Gasteiger partial charge in [0.15, 0.2) is 5.11 Å². The Bertz CT molecular complexity index is 842. The second-order valence-corrected chi connectivity index (χ2v) is 8.13. The van der Waals surface area contributed by atoms with Gasteiger partial charge < -0.3 is 25.0 Å². The zero-order valence-electron chi connectivity index (χ0n) is 19.9. The SMILES string of the molecule is CCCN(CCCCCCCNC(=S)Nc1cccnc1)C(=O)c1c(OC)cccc1OC. The first-order chi connectivity index (χ1) is 16.1. The summed E-state index contributed by atoms with van der Waals surface area (Å²) >= 11 is 5.30. The van der Waals surface area contributed by atoms with Crippen LogP contribution in [0.3, 0.4) is 0 Å². The van der Waals surface area contributed by atoms with Gasteiger partial charge in [0.1, 0.15) is 17.1 Å². The van der Waals surface area contributed by atoms with Crippen LogP contribution in [-0.4, -0.2) is 54.8 Å². The maximum absolute atomic E-state index is 13.2. The largest absolute Gasteiger partial charge is 0.496 e. The standard InChI is InChI=1S/C25H36N4O3S/c1-4-17-29(24(30)23-21(31-2)13-10-14-22(23)32-3)18-9-7-5-6-8-16-27-25(33)28-20-12-11-15-26-19-20/h10-15,19H,4-9,16-18H2,1-3H3,(H2,27,28,33). The van der Waals surface area contributed by atoms with Crippen LogP contribution in [0.15, 0.2) is 42.7 Å². The summed E-state index contributed by atoms with van der Waals surface area (Å²) in [7, 11) is 3.15. The number of nitrogens with one attached hydrogen (secondary N) is 2. The van der Waals surface area contributed by atoms with Gasteiger partial charge in [0.2, 0.25) is 0 Å². The van der Waals surface area contributed by atoms with Crippen molar-refractivity contribution in [3.05, 3.63) is 48.3 Å². The number of anilines is 1. The van der Waals surface area contributed by atoms with Crippen LogP contribution >= 0.6 is 12.2 Å². The Hall–Kier alpha value is -2.87. The number of unbranched alkanes of at least 4 members (excludes halogenated alkanes) is 4. The molecule has 0 saturated carbocycles. The Morgan fingerprint density at radius 1 is 1.00 bits per heavy atom. The van der Waals surface area contributed by atoms with Gasteiger partial charge in [-0.05, 0) is 55.7 Å². The molecule has 7 nitrogen and oxygen atoms in total. The van der Waals surface area contributed by atoms with Crippen molar-refractivity contribution in [3.63, 3.8) is 0 Å². The number of carbonyl (C=O) groups excluding carboxylic acids is 1. The van der Waals surface area contributed by atoms with Gasteiger partial charge in [-0.1, -0.05) is 32.3 Å². The molecule has 2 rings (SSSR count). The highest BCUT2D eigenvalue weighted by atomic mass is 32.1. The molecule has 0 saturated heterocycles. The molecular weight excluding hydrogens is 436 g/mol. The van der Waals surface area contributed by atoms with E-state index >= 15 is 0 Å². The highest BCUT2D eigenvalue weighted by Gasteiger charge is 2.23. The molecule has 0 bridgehead atoms. The van der Waals surface area contributed by atoms with E-state index in [0.717, 1.165) is 57.3 Å². The molecule has 0 radical (unpaired) electrons. The molecule has 0 spiro atoms. The second kappa shape index (κ2) is 15.1. The Kier molecular flexibility index (Phi) is 12.0. The summed E-state index contributed by atoms with van der Waals surface area (Å²) in [4.78, 5) is 19.2. The number of methoxy groups -OCH3 is 2. The third-order valence-corrected chi connectivity index (χ3v) is 5.48. The summed E-state index contributed by atoms with van der Waals surface area (Å²) in [6.07, 6.45) is 9.71. The van der Waals surface area contributed by atoms with Crippen LogP contribution in [0.4, 0.5) is 5.69 Å². The van der Waals surface area contributed by atoms with Crippen LogP contribution in [-0.2, 0) is 0 Å². The minimum absolute atomic E-state index is 0.0371. The Labute approximate surface area is 202 Å². The molecule has 0 atom stereocenters. The highest BCUT2D eigenvalue weighted by Crippen LogP contribution is 2.29. The lowest BCUT2D eigenvalue weighted by Crippen LogP contribution is -2.33.